The molecule has 3 heterocycles. The Labute approximate surface area is 143 Å². The molecule has 1 saturated heterocycles. The zero-order valence-corrected chi connectivity index (χ0v) is 13.9. The van der Waals surface area contributed by atoms with Gasteiger partial charge in [0.05, 0.1) is 16.4 Å². The van der Waals surface area contributed by atoms with Gasteiger partial charge in [0.15, 0.2) is 5.13 Å². The van der Waals surface area contributed by atoms with E-state index < -0.39 is 0 Å². The van der Waals surface area contributed by atoms with Gasteiger partial charge >= 0.3 is 0 Å². The molecule has 0 radical (unpaired) electrons. The molecule has 0 bridgehead atoms. The van der Waals surface area contributed by atoms with Gasteiger partial charge in [-0.2, -0.15) is 0 Å². The van der Waals surface area contributed by atoms with E-state index in [1.165, 1.54) is 9.38 Å². The van der Waals surface area contributed by atoms with E-state index in [0.29, 0.717) is 0 Å². The molecule has 1 aromatic carbocycles. The fourth-order valence-electron chi connectivity index (χ4n) is 2.95. The fraction of sp³-hybridized carbons (Fsp3) is 0.375. The van der Waals surface area contributed by atoms with Crippen molar-refractivity contribution in [2.24, 2.45) is 0 Å². The molecule has 0 aliphatic carbocycles. The highest BCUT2D eigenvalue weighted by atomic mass is 32.1. The quantitative estimate of drug-likeness (QED) is 0.781. The number of carbonyl (C=O) groups is 1. The predicted octanol–water partition coefficient (Wildman–Crippen LogP) is 1.67. The molecule has 1 amide bonds. The molecule has 8 heteroatoms. The van der Waals surface area contributed by atoms with Crippen LogP contribution in [0.1, 0.15) is 12.8 Å². The van der Waals surface area contributed by atoms with E-state index in [-0.39, 0.29) is 18.5 Å². The van der Waals surface area contributed by atoms with Gasteiger partial charge < -0.3 is 10.2 Å². The first-order valence-electron chi connectivity index (χ1n) is 8.02. The maximum Gasteiger partial charge on any atom is 0.242 e. The highest BCUT2D eigenvalue weighted by Crippen LogP contribution is 2.30. The lowest BCUT2D eigenvalue weighted by molar-refractivity contribution is -0.122. The molecule has 0 spiro atoms. The number of hydrogen-bond donors (Lipinski definition) is 1. The summed E-state index contributed by atoms with van der Waals surface area (Å²) in [6.07, 6.45) is 5.12. The normalized spacial score (nSPS) is 15.8. The largest absolute Gasteiger partial charge is 0.352 e. The number of para-hydroxylation sites is 1. The number of hydrogen-bond acceptors (Lipinski definition) is 6. The van der Waals surface area contributed by atoms with Crippen LogP contribution in [-0.4, -0.2) is 45.0 Å². The molecule has 0 saturated carbocycles. The van der Waals surface area contributed by atoms with Crippen molar-refractivity contribution in [1.82, 2.24) is 25.3 Å². The molecule has 2 aromatic heterocycles. The van der Waals surface area contributed by atoms with Crippen molar-refractivity contribution in [2.75, 3.05) is 18.0 Å². The van der Waals surface area contributed by atoms with Crippen LogP contribution in [0.15, 0.2) is 36.7 Å². The van der Waals surface area contributed by atoms with Crippen molar-refractivity contribution in [3.63, 3.8) is 0 Å². The first-order valence-corrected chi connectivity index (χ1v) is 8.83. The summed E-state index contributed by atoms with van der Waals surface area (Å²) in [6, 6.07) is 8.43. The smallest absolute Gasteiger partial charge is 0.242 e. The zero-order chi connectivity index (χ0) is 16.4. The number of aromatic nitrogens is 4. The van der Waals surface area contributed by atoms with Gasteiger partial charge in [-0.25, -0.2) is 9.67 Å². The lowest BCUT2D eigenvalue weighted by atomic mass is 10.1. The number of fused-ring (bicyclic) bond motifs is 1. The summed E-state index contributed by atoms with van der Waals surface area (Å²) < 4.78 is 2.75. The molecule has 3 aromatic rings. The summed E-state index contributed by atoms with van der Waals surface area (Å²) >= 11 is 1.73. The standard InChI is InChI=1S/C16H18N6OS/c23-15(11-22-10-7-17-20-22)18-12-5-8-21(9-6-12)16-19-13-3-1-2-4-14(13)24-16/h1-4,7,10,12H,5-6,8-9,11H2,(H,18,23). The van der Waals surface area contributed by atoms with Crippen LogP contribution in [0.4, 0.5) is 5.13 Å². The molecular weight excluding hydrogens is 324 g/mol. The molecule has 1 aliphatic heterocycles. The number of nitrogens with zero attached hydrogens (tertiary/aromatic N) is 5. The average molecular weight is 342 g/mol. The number of carbonyl (C=O) groups excluding carboxylic acids is 1. The summed E-state index contributed by atoms with van der Waals surface area (Å²) in [4.78, 5) is 19.0. The second-order valence-corrected chi connectivity index (χ2v) is 6.90. The first kappa shape index (κ1) is 15.1. The highest BCUT2D eigenvalue weighted by Gasteiger charge is 2.22. The third kappa shape index (κ3) is 3.23. The lowest BCUT2D eigenvalue weighted by Crippen LogP contribution is -2.45. The van der Waals surface area contributed by atoms with Gasteiger partial charge in [-0.15, -0.1) is 5.10 Å². The summed E-state index contributed by atoms with van der Waals surface area (Å²) in [5.74, 6) is -0.0149. The number of rotatable bonds is 4. The Morgan fingerprint density at radius 2 is 2.12 bits per heavy atom. The van der Waals surface area contributed by atoms with Crippen LogP contribution in [0.25, 0.3) is 10.2 Å². The van der Waals surface area contributed by atoms with Crippen molar-refractivity contribution >= 4 is 32.6 Å². The minimum atomic E-state index is -0.0149. The number of thiazole rings is 1. The van der Waals surface area contributed by atoms with Crippen molar-refractivity contribution < 1.29 is 4.79 Å². The Morgan fingerprint density at radius 1 is 1.29 bits per heavy atom. The van der Waals surface area contributed by atoms with E-state index in [2.05, 4.69) is 26.6 Å². The van der Waals surface area contributed by atoms with Gasteiger partial charge in [-0.05, 0) is 25.0 Å². The summed E-state index contributed by atoms with van der Waals surface area (Å²) in [5.41, 5.74) is 1.06. The molecule has 24 heavy (non-hydrogen) atoms. The monoisotopic (exact) mass is 342 g/mol. The number of nitrogens with one attached hydrogen (secondary N) is 1. The van der Waals surface area contributed by atoms with Gasteiger partial charge in [0.1, 0.15) is 6.54 Å². The van der Waals surface area contributed by atoms with Crippen LogP contribution < -0.4 is 10.2 Å². The van der Waals surface area contributed by atoms with E-state index in [1.54, 1.807) is 23.7 Å². The molecular formula is C16H18N6OS. The van der Waals surface area contributed by atoms with Crippen LogP contribution in [0.2, 0.25) is 0 Å². The van der Waals surface area contributed by atoms with E-state index in [0.717, 1.165) is 36.6 Å². The molecule has 1 aliphatic rings. The topological polar surface area (TPSA) is 75.9 Å². The van der Waals surface area contributed by atoms with E-state index in [4.69, 9.17) is 4.98 Å². The van der Waals surface area contributed by atoms with Crippen LogP contribution in [0.3, 0.4) is 0 Å². The van der Waals surface area contributed by atoms with Crippen LogP contribution >= 0.6 is 11.3 Å². The van der Waals surface area contributed by atoms with E-state index >= 15 is 0 Å². The summed E-state index contributed by atoms with van der Waals surface area (Å²) in [5, 5.41) is 11.7. The molecule has 0 atom stereocenters. The Hall–Kier alpha value is -2.48. The Balaban J connectivity index is 1.32. The van der Waals surface area contributed by atoms with Crippen molar-refractivity contribution in [3.05, 3.63) is 36.7 Å². The maximum atomic E-state index is 12.0. The Kier molecular flexibility index (Phi) is 4.12. The van der Waals surface area contributed by atoms with E-state index in [1.807, 2.05) is 18.2 Å². The van der Waals surface area contributed by atoms with Gasteiger partial charge in [0, 0.05) is 25.3 Å². The molecule has 7 nitrogen and oxygen atoms in total. The second-order valence-electron chi connectivity index (χ2n) is 5.89. The predicted molar refractivity (Wildman–Crippen MR) is 93.0 cm³/mol. The SMILES string of the molecule is O=C(Cn1ccnn1)NC1CCN(c2nc3ccccc3s2)CC1. The molecule has 1 fully saturated rings. The van der Waals surface area contributed by atoms with Gasteiger partial charge in [0.25, 0.3) is 0 Å². The van der Waals surface area contributed by atoms with Gasteiger partial charge in [0.2, 0.25) is 5.91 Å². The number of amides is 1. The molecule has 0 unspecified atom stereocenters. The van der Waals surface area contributed by atoms with Crippen molar-refractivity contribution in [1.29, 1.82) is 0 Å². The fourth-order valence-corrected chi connectivity index (χ4v) is 3.97. The van der Waals surface area contributed by atoms with Crippen molar-refractivity contribution in [3.8, 4) is 0 Å². The molecule has 1 N–H and O–H groups in total. The maximum absolute atomic E-state index is 12.0. The Bertz CT molecular complexity index is 789. The van der Waals surface area contributed by atoms with Gasteiger partial charge in [-0.1, -0.05) is 28.7 Å². The number of anilines is 1. The average Bonchev–Trinajstić information content (AvgIpc) is 3.24. The number of benzene rings is 1. The Morgan fingerprint density at radius 3 is 2.88 bits per heavy atom. The van der Waals surface area contributed by atoms with Crippen LogP contribution in [0.5, 0.6) is 0 Å². The van der Waals surface area contributed by atoms with Crippen LogP contribution in [-0.2, 0) is 11.3 Å². The lowest BCUT2D eigenvalue weighted by Gasteiger charge is -2.32. The van der Waals surface area contributed by atoms with Crippen LogP contribution in [0, 0.1) is 0 Å². The zero-order valence-electron chi connectivity index (χ0n) is 13.1. The minimum absolute atomic E-state index is 0.0149. The molecule has 124 valence electrons. The third-order valence-electron chi connectivity index (χ3n) is 4.19. The molecule has 4 rings (SSSR count). The first-order chi connectivity index (χ1) is 11.8. The second kappa shape index (κ2) is 6.56. The van der Waals surface area contributed by atoms with E-state index in [9.17, 15) is 4.79 Å². The minimum Gasteiger partial charge on any atom is -0.352 e. The summed E-state index contributed by atoms with van der Waals surface area (Å²) in [6.45, 7) is 2.04. The summed E-state index contributed by atoms with van der Waals surface area (Å²) in [7, 11) is 0. The number of piperidine rings is 1. The van der Waals surface area contributed by atoms with Crippen molar-refractivity contribution in [2.45, 2.75) is 25.4 Å². The highest BCUT2D eigenvalue weighted by molar-refractivity contribution is 7.22. The van der Waals surface area contributed by atoms with Gasteiger partial charge in [-0.3, -0.25) is 4.79 Å². The third-order valence-corrected chi connectivity index (χ3v) is 5.29.